The fourth-order valence-electron chi connectivity index (χ4n) is 2.09. The molecule has 0 aliphatic rings. The van der Waals surface area contributed by atoms with E-state index in [0.29, 0.717) is 12.8 Å². The van der Waals surface area contributed by atoms with Crippen LogP contribution in [0.15, 0.2) is 29.8 Å². The third kappa shape index (κ3) is 5.33. The summed E-state index contributed by atoms with van der Waals surface area (Å²) >= 11 is 0. The number of carbonyl (C=O) groups is 2. The number of Topliss-reactive ketones (excluding diaryl/α,β-unsaturated/α-hetero) is 1. The summed E-state index contributed by atoms with van der Waals surface area (Å²) in [5.74, 6) is -1.94. The highest BCUT2D eigenvalue weighted by Gasteiger charge is 2.26. The molecular weight excluding hydrogens is 284 g/mol. The Hall–Kier alpha value is -2.14. The van der Waals surface area contributed by atoms with E-state index >= 15 is 0 Å². The first-order valence-corrected chi connectivity index (χ1v) is 7.07. The molecule has 0 spiro atoms. The summed E-state index contributed by atoms with van der Waals surface area (Å²) in [7, 11) is 0. The van der Waals surface area contributed by atoms with Crippen LogP contribution in [-0.4, -0.2) is 32.7 Å². The van der Waals surface area contributed by atoms with Gasteiger partial charge in [-0.05, 0) is 51.8 Å². The number of hydrogen-bond acceptors (Lipinski definition) is 4. The number of rotatable bonds is 7. The number of aliphatic hydroxyl groups is 1. The predicted octanol–water partition coefficient (Wildman–Crippen LogP) is 3.16. The van der Waals surface area contributed by atoms with Gasteiger partial charge in [-0.25, -0.2) is 4.79 Å². The molecule has 0 aliphatic heterocycles. The fourth-order valence-corrected chi connectivity index (χ4v) is 2.09. The predicted molar refractivity (Wildman–Crippen MR) is 83.3 cm³/mol. The van der Waals surface area contributed by atoms with Crippen molar-refractivity contribution in [2.24, 2.45) is 0 Å². The van der Waals surface area contributed by atoms with Gasteiger partial charge >= 0.3 is 5.97 Å². The maximum atomic E-state index is 12.2. The summed E-state index contributed by atoms with van der Waals surface area (Å²) in [5, 5.41) is 28.9. The van der Waals surface area contributed by atoms with Crippen LogP contribution in [0.4, 0.5) is 0 Å². The first-order chi connectivity index (χ1) is 10.1. The topological polar surface area (TPSA) is 94.8 Å². The average molecular weight is 306 g/mol. The van der Waals surface area contributed by atoms with Crippen LogP contribution in [-0.2, 0) is 0 Å². The van der Waals surface area contributed by atoms with Crippen LogP contribution in [0.1, 0.15) is 60.7 Å². The Kier molecular flexibility index (Phi) is 5.88. The van der Waals surface area contributed by atoms with Gasteiger partial charge in [-0.15, -0.1) is 0 Å². The van der Waals surface area contributed by atoms with E-state index in [0.717, 1.165) is 11.6 Å². The number of aromatic hydroxyl groups is 1. The molecule has 0 saturated carbocycles. The molecular formula is C17H22O5. The van der Waals surface area contributed by atoms with Gasteiger partial charge in [-0.2, -0.15) is 0 Å². The lowest BCUT2D eigenvalue weighted by atomic mass is 9.90. The quantitative estimate of drug-likeness (QED) is 0.531. The highest BCUT2D eigenvalue weighted by atomic mass is 16.4. The van der Waals surface area contributed by atoms with Crippen molar-refractivity contribution < 1.29 is 24.9 Å². The van der Waals surface area contributed by atoms with Gasteiger partial charge in [-0.1, -0.05) is 11.6 Å². The number of phenols is 1. The number of carboxylic acids is 1. The second-order valence-electron chi connectivity index (χ2n) is 5.95. The molecule has 5 heteroatoms. The van der Waals surface area contributed by atoms with Gasteiger partial charge in [0.2, 0.25) is 0 Å². The van der Waals surface area contributed by atoms with Crippen molar-refractivity contribution in [3.63, 3.8) is 0 Å². The molecule has 22 heavy (non-hydrogen) atoms. The van der Waals surface area contributed by atoms with Crippen LogP contribution < -0.4 is 0 Å². The first-order valence-electron chi connectivity index (χ1n) is 7.07. The third-order valence-electron chi connectivity index (χ3n) is 3.32. The molecule has 1 aromatic rings. The lowest BCUT2D eigenvalue weighted by molar-refractivity contribution is 0.0397. The lowest BCUT2D eigenvalue weighted by Crippen LogP contribution is -2.27. The monoisotopic (exact) mass is 306 g/mol. The third-order valence-corrected chi connectivity index (χ3v) is 3.32. The lowest BCUT2D eigenvalue weighted by Gasteiger charge is -2.22. The van der Waals surface area contributed by atoms with E-state index in [-0.39, 0.29) is 23.3 Å². The number of aromatic carboxylic acids is 1. The van der Waals surface area contributed by atoms with Crippen LogP contribution in [0.25, 0.3) is 0 Å². The van der Waals surface area contributed by atoms with E-state index in [1.54, 1.807) is 6.92 Å². The van der Waals surface area contributed by atoms with E-state index in [9.17, 15) is 19.8 Å². The number of ketones is 1. The molecule has 0 aromatic heterocycles. The number of carbonyl (C=O) groups excluding carboxylic acids is 1. The number of carboxylic acid groups (broad SMARTS) is 1. The average Bonchev–Trinajstić information content (AvgIpc) is 2.37. The van der Waals surface area contributed by atoms with Gasteiger partial charge in [0.25, 0.3) is 0 Å². The molecule has 0 saturated heterocycles. The maximum Gasteiger partial charge on any atom is 0.335 e. The van der Waals surface area contributed by atoms with Gasteiger partial charge in [0.1, 0.15) is 5.75 Å². The Morgan fingerprint density at radius 1 is 1.27 bits per heavy atom. The number of phenolic OH excluding ortho intramolecular Hbond substituents is 1. The summed E-state index contributed by atoms with van der Waals surface area (Å²) in [5.41, 5.74) is -0.240. The number of benzene rings is 1. The summed E-state index contributed by atoms with van der Waals surface area (Å²) < 4.78 is 0. The minimum Gasteiger partial charge on any atom is -0.507 e. The van der Waals surface area contributed by atoms with Crippen LogP contribution in [0, 0.1) is 0 Å². The van der Waals surface area contributed by atoms with Gasteiger partial charge in [0.05, 0.1) is 16.7 Å². The molecule has 1 unspecified atom stereocenters. The molecule has 3 N–H and O–H groups in total. The molecule has 1 aromatic carbocycles. The van der Waals surface area contributed by atoms with Crippen molar-refractivity contribution in [2.75, 3.05) is 0 Å². The maximum absolute atomic E-state index is 12.2. The van der Waals surface area contributed by atoms with Gasteiger partial charge < -0.3 is 15.3 Å². The minimum absolute atomic E-state index is 0.0784. The Morgan fingerprint density at radius 3 is 2.45 bits per heavy atom. The minimum atomic E-state index is -1.21. The summed E-state index contributed by atoms with van der Waals surface area (Å²) in [4.78, 5) is 23.2. The van der Waals surface area contributed by atoms with Crippen LogP contribution in [0.5, 0.6) is 5.75 Å². The Balaban J connectivity index is 2.86. The molecule has 0 fully saturated rings. The summed E-state index contributed by atoms with van der Waals surface area (Å²) in [6, 6.07) is 3.53. The normalized spacial score (nSPS) is 13.3. The first kappa shape index (κ1) is 17.9. The fraction of sp³-hybridized carbons (Fsp3) is 0.412. The number of allylic oxidation sites excluding steroid dienone is 2. The zero-order valence-corrected chi connectivity index (χ0v) is 13.1. The van der Waals surface area contributed by atoms with E-state index in [1.807, 2.05) is 19.9 Å². The van der Waals surface area contributed by atoms with Crippen LogP contribution >= 0.6 is 0 Å². The van der Waals surface area contributed by atoms with Crippen molar-refractivity contribution >= 4 is 11.8 Å². The van der Waals surface area contributed by atoms with E-state index in [4.69, 9.17) is 5.11 Å². The molecule has 0 bridgehead atoms. The van der Waals surface area contributed by atoms with Crippen molar-refractivity contribution in [1.29, 1.82) is 0 Å². The highest BCUT2D eigenvalue weighted by Crippen LogP contribution is 2.25. The molecule has 5 nitrogen and oxygen atoms in total. The number of hydrogen-bond donors (Lipinski definition) is 3. The molecule has 0 radical (unpaired) electrons. The van der Waals surface area contributed by atoms with Crippen molar-refractivity contribution in [1.82, 2.24) is 0 Å². The van der Waals surface area contributed by atoms with Crippen molar-refractivity contribution in [2.45, 2.75) is 45.6 Å². The van der Waals surface area contributed by atoms with E-state index < -0.39 is 17.4 Å². The SMILES string of the molecule is CC(C)=CCCC(C)(O)CC(=O)c1cc(C(=O)O)ccc1O. The Bertz CT molecular complexity index is 595. The zero-order chi connectivity index (χ0) is 16.9. The van der Waals surface area contributed by atoms with Crippen LogP contribution in [0.3, 0.4) is 0 Å². The van der Waals surface area contributed by atoms with Crippen LogP contribution in [0.2, 0.25) is 0 Å². The highest BCUT2D eigenvalue weighted by molar-refractivity contribution is 6.01. The van der Waals surface area contributed by atoms with Gasteiger partial charge in [-0.3, -0.25) is 4.79 Å². The second-order valence-corrected chi connectivity index (χ2v) is 5.95. The largest absolute Gasteiger partial charge is 0.507 e. The summed E-state index contributed by atoms with van der Waals surface area (Å²) in [6.45, 7) is 5.46. The Labute approximate surface area is 129 Å². The van der Waals surface area contributed by atoms with Gasteiger partial charge in [0, 0.05) is 6.42 Å². The van der Waals surface area contributed by atoms with E-state index in [1.165, 1.54) is 12.1 Å². The molecule has 120 valence electrons. The molecule has 1 rings (SSSR count). The Morgan fingerprint density at radius 2 is 1.91 bits per heavy atom. The van der Waals surface area contributed by atoms with Crippen molar-refractivity contribution in [3.8, 4) is 5.75 Å². The van der Waals surface area contributed by atoms with E-state index in [2.05, 4.69) is 0 Å². The standard InChI is InChI=1S/C17H22O5/c1-11(2)5-4-8-17(3,22)10-15(19)13-9-12(16(20)21)6-7-14(13)18/h5-7,9,18,22H,4,8,10H2,1-3H3,(H,20,21). The van der Waals surface area contributed by atoms with Gasteiger partial charge in [0.15, 0.2) is 5.78 Å². The molecule has 1 atom stereocenters. The molecule has 0 amide bonds. The van der Waals surface area contributed by atoms with Crippen molar-refractivity contribution in [3.05, 3.63) is 41.0 Å². The zero-order valence-electron chi connectivity index (χ0n) is 13.1. The molecule has 0 heterocycles. The second kappa shape index (κ2) is 7.22. The smallest absolute Gasteiger partial charge is 0.335 e. The summed E-state index contributed by atoms with van der Waals surface area (Å²) in [6.07, 6.45) is 2.84. The molecule has 0 aliphatic carbocycles.